The number of aryl methyl sites for hydroxylation is 1. The van der Waals surface area contributed by atoms with Crippen LogP contribution in [-0.2, 0) is 6.42 Å². The largest absolute Gasteiger partial charge is 0.375 e. The number of unbranched alkanes of at least 4 members (excludes halogenated alkanes) is 2. The van der Waals surface area contributed by atoms with E-state index >= 15 is 0 Å². The summed E-state index contributed by atoms with van der Waals surface area (Å²) in [6, 6.07) is 8.93. The first-order valence-electron chi connectivity index (χ1n) is 7.28. The predicted octanol–water partition coefficient (Wildman–Crippen LogP) is 3.47. The van der Waals surface area contributed by atoms with Crippen molar-refractivity contribution in [3.05, 3.63) is 29.8 Å². The molecule has 0 fully saturated rings. The van der Waals surface area contributed by atoms with Crippen molar-refractivity contribution >= 4 is 5.69 Å². The van der Waals surface area contributed by atoms with Crippen LogP contribution >= 0.6 is 0 Å². The van der Waals surface area contributed by atoms with Gasteiger partial charge in [0.1, 0.15) is 0 Å². The van der Waals surface area contributed by atoms with Gasteiger partial charge < -0.3 is 10.2 Å². The first-order chi connectivity index (χ1) is 8.77. The minimum atomic E-state index is 1.09. The number of anilines is 1. The third kappa shape index (κ3) is 5.54. The van der Waals surface area contributed by atoms with Crippen LogP contribution < -0.4 is 10.2 Å². The Kier molecular flexibility index (Phi) is 7.51. The summed E-state index contributed by atoms with van der Waals surface area (Å²) in [7, 11) is 2.19. The minimum Gasteiger partial charge on any atom is -0.375 e. The highest BCUT2D eigenvalue weighted by Gasteiger charge is 2.00. The summed E-state index contributed by atoms with van der Waals surface area (Å²) in [5.41, 5.74) is 2.75. The van der Waals surface area contributed by atoms with Crippen LogP contribution in [0, 0.1) is 0 Å². The fourth-order valence-electron chi connectivity index (χ4n) is 2.07. The Balaban J connectivity index is 2.21. The normalized spacial score (nSPS) is 10.6. The molecule has 0 bridgehead atoms. The summed E-state index contributed by atoms with van der Waals surface area (Å²) in [6.07, 6.45) is 4.99. The summed E-state index contributed by atoms with van der Waals surface area (Å²) in [6.45, 7) is 7.75. The van der Waals surface area contributed by atoms with Gasteiger partial charge in [-0.1, -0.05) is 32.4 Å². The van der Waals surface area contributed by atoms with E-state index in [2.05, 4.69) is 55.4 Å². The summed E-state index contributed by atoms with van der Waals surface area (Å²) in [4.78, 5) is 2.35. The zero-order chi connectivity index (χ0) is 13.2. The van der Waals surface area contributed by atoms with Crippen molar-refractivity contribution in [2.24, 2.45) is 0 Å². The van der Waals surface area contributed by atoms with Gasteiger partial charge in [0.05, 0.1) is 0 Å². The Labute approximate surface area is 112 Å². The van der Waals surface area contributed by atoms with E-state index in [1.807, 2.05) is 0 Å². The van der Waals surface area contributed by atoms with Crippen LogP contribution in [0.15, 0.2) is 24.3 Å². The molecule has 2 nitrogen and oxygen atoms in total. The van der Waals surface area contributed by atoms with Gasteiger partial charge in [0.25, 0.3) is 0 Å². The van der Waals surface area contributed by atoms with Gasteiger partial charge in [-0.25, -0.2) is 0 Å². The molecule has 0 aromatic heterocycles. The maximum Gasteiger partial charge on any atom is 0.0363 e. The molecule has 2 heteroatoms. The Hall–Kier alpha value is -1.02. The van der Waals surface area contributed by atoms with Crippen LogP contribution in [-0.4, -0.2) is 26.7 Å². The van der Waals surface area contributed by atoms with Crippen molar-refractivity contribution in [1.82, 2.24) is 5.32 Å². The van der Waals surface area contributed by atoms with Crippen molar-refractivity contribution in [3.8, 4) is 0 Å². The second-order valence-corrected chi connectivity index (χ2v) is 4.86. The molecule has 0 saturated heterocycles. The third-order valence-corrected chi connectivity index (χ3v) is 3.38. The molecular weight excluding hydrogens is 220 g/mol. The lowest BCUT2D eigenvalue weighted by Crippen LogP contribution is -2.19. The van der Waals surface area contributed by atoms with Crippen LogP contribution in [0.4, 0.5) is 5.69 Å². The van der Waals surface area contributed by atoms with Crippen LogP contribution in [0.3, 0.4) is 0 Å². The molecule has 0 atom stereocenters. The van der Waals surface area contributed by atoms with Crippen LogP contribution in [0.2, 0.25) is 0 Å². The third-order valence-electron chi connectivity index (χ3n) is 3.38. The van der Waals surface area contributed by atoms with E-state index in [1.165, 1.54) is 30.5 Å². The Bertz CT molecular complexity index is 305. The highest BCUT2D eigenvalue weighted by molar-refractivity contribution is 5.46. The van der Waals surface area contributed by atoms with Gasteiger partial charge in [0, 0.05) is 19.3 Å². The van der Waals surface area contributed by atoms with Crippen molar-refractivity contribution in [1.29, 1.82) is 0 Å². The lowest BCUT2D eigenvalue weighted by atomic mass is 10.1. The Morgan fingerprint density at radius 2 is 1.72 bits per heavy atom. The van der Waals surface area contributed by atoms with Gasteiger partial charge in [-0.2, -0.15) is 0 Å². The fourth-order valence-corrected chi connectivity index (χ4v) is 2.07. The maximum atomic E-state index is 3.37. The van der Waals surface area contributed by atoms with Crippen molar-refractivity contribution < 1.29 is 0 Å². The summed E-state index contributed by atoms with van der Waals surface area (Å²) in [5, 5.41) is 3.37. The summed E-state index contributed by atoms with van der Waals surface area (Å²) in [5.74, 6) is 0. The molecule has 0 heterocycles. The zero-order valence-electron chi connectivity index (χ0n) is 12.2. The molecule has 0 aliphatic carbocycles. The quantitative estimate of drug-likeness (QED) is 0.673. The van der Waals surface area contributed by atoms with Crippen LogP contribution in [0.25, 0.3) is 0 Å². The molecule has 102 valence electrons. The van der Waals surface area contributed by atoms with Gasteiger partial charge >= 0.3 is 0 Å². The molecule has 0 aliphatic heterocycles. The fraction of sp³-hybridized carbons (Fsp3) is 0.625. The van der Waals surface area contributed by atoms with Gasteiger partial charge in [-0.15, -0.1) is 0 Å². The number of nitrogens with one attached hydrogen (secondary N) is 1. The van der Waals surface area contributed by atoms with E-state index in [9.17, 15) is 0 Å². The molecule has 1 rings (SSSR count). The molecule has 0 radical (unpaired) electrons. The first kappa shape index (κ1) is 15.0. The first-order valence-corrected chi connectivity index (χ1v) is 7.28. The molecule has 18 heavy (non-hydrogen) atoms. The molecule has 1 aromatic carbocycles. The van der Waals surface area contributed by atoms with E-state index in [0.717, 1.165) is 26.1 Å². The Morgan fingerprint density at radius 3 is 2.33 bits per heavy atom. The monoisotopic (exact) mass is 248 g/mol. The molecular formula is C16H28N2. The van der Waals surface area contributed by atoms with Gasteiger partial charge in [-0.3, -0.25) is 0 Å². The number of hydrogen-bond acceptors (Lipinski definition) is 2. The molecule has 0 aliphatic rings. The second-order valence-electron chi connectivity index (χ2n) is 4.86. The molecule has 0 amide bonds. The number of rotatable bonds is 9. The van der Waals surface area contributed by atoms with Crippen molar-refractivity contribution in [2.75, 3.05) is 31.6 Å². The van der Waals surface area contributed by atoms with E-state index in [0.29, 0.717) is 0 Å². The molecule has 1 N–H and O–H groups in total. The van der Waals surface area contributed by atoms with Crippen LogP contribution in [0.1, 0.15) is 38.7 Å². The summed E-state index contributed by atoms with van der Waals surface area (Å²) >= 11 is 0. The topological polar surface area (TPSA) is 15.3 Å². The van der Waals surface area contributed by atoms with Gasteiger partial charge in [-0.05, 0) is 50.0 Å². The average Bonchev–Trinajstić information content (AvgIpc) is 2.42. The lowest BCUT2D eigenvalue weighted by molar-refractivity contribution is 0.615. The average molecular weight is 248 g/mol. The SMILES string of the molecule is CCNCCCCCN(C)c1ccc(CC)cc1. The smallest absolute Gasteiger partial charge is 0.0363 e. The number of benzene rings is 1. The molecule has 0 spiro atoms. The highest BCUT2D eigenvalue weighted by Crippen LogP contribution is 2.14. The van der Waals surface area contributed by atoms with Gasteiger partial charge in [0.2, 0.25) is 0 Å². The maximum absolute atomic E-state index is 3.37. The number of hydrogen-bond donors (Lipinski definition) is 1. The standard InChI is InChI=1S/C16H28N2/c1-4-15-9-11-16(12-10-15)18(3)14-8-6-7-13-17-5-2/h9-12,17H,4-8,13-14H2,1-3H3. The lowest BCUT2D eigenvalue weighted by Gasteiger charge is -2.19. The van der Waals surface area contributed by atoms with Crippen LogP contribution in [0.5, 0.6) is 0 Å². The minimum absolute atomic E-state index is 1.09. The number of nitrogens with zero attached hydrogens (tertiary/aromatic N) is 1. The molecule has 1 aromatic rings. The second kappa shape index (κ2) is 8.98. The zero-order valence-corrected chi connectivity index (χ0v) is 12.2. The van der Waals surface area contributed by atoms with Crippen molar-refractivity contribution in [2.45, 2.75) is 39.5 Å². The van der Waals surface area contributed by atoms with E-state index < -0.39 is 0 Å². The Morgan fingerprint density at radius 1 is 1.00 bits per heavy atom. The van der Waals surface area contributed by atoms with Crippen molar-refractivity contribution in [3.63, 3.8) is 0 Å². The predicted molar refractivity (Wildman–Crippen MR) is 81.5 cm³/mol. The molecule has 0 saturated carbocycles. The van der Waals surface area contributed by atoms with Gasteiger partial charge in [0.15, 0.2) is 0 Å². The summed E-state index contributed by atoms with van der Waals surface area (Å²) < 4.78 is 0. The molecule has 0 unspecified atom stereocenters. The van der Waals surface area contributed by atoms with E-state index in [4.69, 9.17) is 0 Å². The van der Waals surface area contributed by atoms with E-state index in [1.54, 1.807) is 0 Å². The highest BCUT2D eigenvalue weighted by atomic mass is 15.1. The van der Waals surface area contributed by atoms with E-state index in [-0.39, 0.29) is 0 Å².